The lowest BCUT2D eigenvalue weighted by atomic mass is 10.3. The minimum absolute atomic E-state index is 0.0316. The molecule has 2 aromatic rings. The summed E-state index contributed by atoms with van der Waals surface area (Å²) in [5.74, 6) is 0.976. The summed E-state index contributed by atoms with van der Waals surface area (Å²) >= 11 is 2.21. The molecule has 1 N–H and O–H groups in total. The molecule has 0 unspecified atom stereocenters. The molecule has 2 rings (SSSR count). The van der Waals surface area contributed by atoms with E-state index in [-0.39, 0.29) is 12.5 Å². The van der Waals surface area contributed by atoms with E-state index < -0.39 is 0 Å². The quantitative estimate of drug-likeness (QED) is 0.845. The molecule has 0 radical (unpaired) electrons. The molecule has 1 amide bonds. The lowest BCUT2D eigenvalue weighted by Gasteiger charge is -2.07. The van der Waals surface area contributed by atoms with E-state index in [0.29, 0.717) is 11.6 Å². The predicted molar refractivity (Wildman–Crippen MR) is 82.3 cm³/mol. The van der Waals surface area contributed by atoms with E-state index in [1.807, 2.05) is 37.3 Å². The monoisotopic (exact) mass is 368 g/mol. The van der Waals surface area contributed by atoms with Gasteiger partial charge in [0.05, 0.1) is 0 Å². The number of nitrogens with zero attached hydrogens (tertiary/aromatic N) is 1. The topological polar surface area (TPSA) is 51.2 Å². The Hall–Kier alpha value is -1.63. The SMILES string of the molecule is Cc1ccc(NC(=O)COc2ccc(I)cc2)nc1. The number of amides is 1. The first-order chi connectivity index (χ1) is 9.13. The highest BCUT2D eigenvalue weighted by atomic mass is 127. The van der Waals surface area contributed by atoms with Crippen molar-refractivity contribution >= 4 is 34.3 Å². The highest BCUT2D eigenvalue weighted by Crippen LogP contribution is 2.13. The van der Waals surface area contributed by atoms with Gasteiger partial charge in [-0.1, -0.05) is 6.07 Å². The predicted octanol–water partition coefficient (Wildman–Crippen LogP) is 3.01. The maximum atomic E-state index is 11.7. The lowest BCUT2D eigenvalue weighted by molar-refractivity contribution is -0.118. The molecule has 0 aliphatic rings. The molecule has 1 heterocycles. The van der Waals surface area contributed by atoms with Crippen LogP contribution < -0.4 is 10.1 Å². The smallest absolute Gasteiger partial charge is 0.263 e. The van der Waals surface area contributed by atoms with Crippen LogP contribution in [0.5, 0.6) is 5.75 Å². The highest BCUT2D eigenvalue weighted by Gasteiger charge is 2.04. The number of hydrogen-bond acceptors (Lipinski definition) is 3. The molecule has 0 bridgehead atoms. The van der Waals surface area contributed by atoms with E-state index in [0.717, 1.165) is 9.13 Å². The van der Waals surface area contributed by atoms with Crippen molar-refractivity contribution in [2.45, 2.75) is 6.92 Å². The number of nitrogens with one attached hydrogen (secondary N) is 1. The molecule has 98 valence electrons. The van der Waals surface area contributed by atoms with Crippen molar-refractivity contribution in [2.75, 3.05) is 11.9 Å². The molecule has 5 heteroatoms. The standard InChI is InChI=1S/C14H13IN2O2/c1-10-2-7-13(16-8-10)17-14(18)9-19-12-5-3-11(15)4-6-12/h2-8H,9H2,1H3,(H,16,17,18). The summed E-state index contributed by atoms with van der Waals surface area (Å²) in [5.41, 5.74) is 1.05. The summed E-state index contributed by atoms with van der Waals surface area (Å²) in [6, 6.07) is 11.2. The highest BCUT2D eigenvalue weighted by molar-refractivity contribution is 14.1. The third-order valence-electron chi connectivity index (χ3n) is 2.36. The maximum Gasteiger partial charge on any atom is 0.263 e. The number of carbonyl (C=O) groups excluding carboxylic acids is 1. The fraction of sp³-hybridized carbons (Fsp3) is 0.143. The Morgan fingerprint density at radius 2 is 2.00 bits per heavy atom. The Kier molecular flexibility index (Phi) is 4.73. The van der Waals surface area contributed by atoms with Crippen LogP contribution in [0.15, 0.2) is 42.6 Å². The summed E-state index contributed by atoms with van der Waals surface area (Å²) in [5, 5.41) is 2.67. The first kappa shape index (κ1) is 13.8. The number of carbonyl (C=O) groups is 1. The maximum absolute atomic E-state index is 11.7. The van der Waals surface area contributed by atoms with Gasteiger partial charge in [0, 0.05) is 9.77 Å². The largest absolute Gasteiger partial charge is 0.484 e. The first-order valence-corrected chi connectivity index (χ1v) is 6.82. The van der Waals surface area contributed by atoms with Crippen LogP contribution in [0.3, 0.4) is 0 Å². The van der Waals surface area contributed by atoms with Crippen LogP contribution >= 0.6 is 22.6 Å². The zero-order valence-corrected chi connectivity index (χ0v) is 12.5. The van der Waals surface area contributed by atoms with Gasteiger partial charge in [-0.3, -0.25) is 4.79 Å². The minimum Gasteiger partial charge on any atom is -0.484 e. The summed E-state index contributed by atoms with van der Waals surface area (Å²) in [7, 11) is 0. The van der Waals surface area contributed by atoms with Gasteiger partial charge in [-0.15, -0.1) is 0 Å². The van der Waals surface area contributed by atoms with Crippen LogP contribution in [0.2, 0.25) is 0 Å². The molecule has 19 heavy (non-hydrogen) atoms. The molecule has 0 spiro atoms. The molecule has 0 aliphatic heterocycles. The van der Waals surface area contributed by atoms with E-state index in [9.17, 15) is 4.79 Å². The van der Waals surface area contributed by atoms with Crippen LogP contribution in [-0.2, 0) is 4.79 Å². The van der Waals surface area contributed by atoms with Crippen LogP contribution in [0.1, 0.15) is 5.56 Å². The average molecular weight is 368 g/mol. The van der Waals surface area contributed by atoms with Crippen molar-refractivity contribution < 1.29 is 9.53 Å². The van der Waals surface area contributed by atoms with Gasteiger partial charge in [0.25, 0.3) is 5.91 Å². The van der Waals surface area contributed by atoms with Crippen molar-refractivity contribution in [1.82, 2.24) is 4.98 Å². The molecule has 0 saturated heterocycles. The zero-order valence-electron chi connectivity index (χ0n) is 10.4. The molecule has 0 fully saturated rings. The minimum atomic E-state index is -0.227. The zero-order chi connectivity index (χ0) is 13.7. The second kappa shape index (κ2) is 6.51. The van der Waals surface area contributed by atoms with E-state index in [2.05, 4.69) is 32.9 Å². The Balaban J connectivity index is 1.84. The number of rotatable bonds is 4. The van der Waals surface area contributed by atoms with Crippen LogP contribution in [-0.4, -0.2) is 17.5 Å². The summed E-state index contributed by atoms with van der Waals surface area (Å²) < 4.78 is 6.50. The molecular formula is C14H13IN2O2. The van der Waals surface area contributed by atoms with Gasteiger partial charge >= 0.3 is 0 Å². The van der Waals surface area contributed by atoms with Gasteiger partial charge < -0.3 is 10.1 Å². The molecule has 0 saturated carbocycles. The fourth-order valence-corrected chi connectivity index (χ4v) is 1.76. The van der Waals surface area contributed by atoms with E-state index in [4.69, 9.17) is 4.74 Å². The molecule has 0 aliphatic carbocycles. The van der Waals surface area contributed by atoms with Crippen LogP contribution in [0.25, 0.3) is 0 Å². The van der Waals surface area contributed by atoms with Gasteiger partial charge in [-0.05, 0) is 65.4 Å². The Bertz CT molecular complexity index is 553. The van der Waals surface area contributed by atoms with E-state index >= 15 is 0 Å². The van der Waals surface area contributed by atoms with Gasteiger partial charge in [-0.2, -0.15) is 0 Å². The van der Waals surface area contributed by atoms with Crippen LogP contribution in [0, 0.1) is 10.5 Å². The van der Waals surface area contributed by atoms with Crippen molar-refractivity contribution in [3.05, 3.63) is 51.7 Å². The summed E-state index contributed by atoms with van der Waals surface area (Å²) in [6.07, 6.45) is 1.70. The average Bonchev–Trinajstić information content (AvgIpc) is 2.41. The first-order valence-electron chi connectivity index (χ1n) is 5.74. The second-order valence-electron chi connectivity index (χ2n) is 4.01. The second-order valence-corrected chi connectivity index (χ2v) is 5.26. The van der Waals surface area contributed by atoms with Gasteiger partial charge in [0.2, 0.25) is 0 Å². The Labute approximate surface area is 125 Å². The number of halogens is 1. The van der Waals surface area contributed by atoms with Crippen molar-refractivity contribution in [3.8, 4) is 5.75 Å². The fourth-order valence-electron chi connectivity index (χ4n) is 1.40. The van der Waals surface area contributed by atoms with Gasteiger partial charge in [0.1, 0.15) is 11.6 Å². The molecular weight excluding hydrogens is 355 g/mol. The summed E-state index contributed by atoms with van der Waals surface area (Å²) in [4.78, 5) is 15.8. The molecule has 1 aromatic carbocycles. The number of ether oxygens (including phenoxy) is 1. The third-order valence-corrected chi connectivity index (χ3v) is 3.08. The third kappa shape index (κ3) is 4.51. The van der Waals surface area contributed by atoms with Crippen molar-refractivity contribution in [3.63, 3.8) is 0 Å². The number of benzene rings is 1. The number of aryl methyl sites for hydroxylation is 1. The molecule has 0 atom stereocenters. The Morgan fingerprint density at radius 1 is 1.26 bits per heavy atom. The van der Waals surface area contributed by atoms with Crippen LogP contribution in [0.4, 0.5) is 5.82 Å². The molecule has 4 nitrogen and oxygen atoms in total. The van der Waals surface area contributed by atoms with Crippen molar-refractivity contribution in [2.24, 2.45) is 0 Å². The van der Waals surface area contributed by atoms with E-state index in [1.165, 1.54) is 0 Å². The normalized spacial score (nSPS) is 10.0. The van der Waals surface area contributed by atoms with E-state index in [1.54, 1.807) is 12.3 Å². The summed E-state index contributed by atoms with van der Waals surface area (Å²) in [6.45, 7) is 1.91. The number of anilines is 1. The Morgan fingerprint density at radius 3 is 2.63 bits per heavy atom. The molecule has 1 aromatic heterocycles. The number of aromatic nitrogens is 1. The van der Waals surface area contributed by atoms with Gasteiger partial charge in [0.15, 0.2) is 6.61 Å². The number of hydrogen-bond donors (Lipinski definition) is 1. The number of pyridine rings is 1. The van der Waals surface area contributed by atoms with Crippen molar-refractivity contribution in [1.29, 1.82) is 0 Å². The van der Waals surface area contributed by atoms with Gasteiger partial charge in [-0.25, -0.2) is 4.98 Å². The lowest BCUT2D eigenvalue weighted by Crippen LogP contribution is -2.20.